The van der Waals surface area contributed by atoms with Gasteiger partial charge in [-0.3, -0.25) is 4.79 Å². The van der Waals surface area contributed by atoms with Crippen molar-refractivity contribution in [2.45, 2.75) is 32.3 Å². The number of nitrogens with zero attached hydrogens (tertiary/aromatic N) is 3. The van der Waals surface area contributed by atoms with Crippen molar-refractivity contribution >= 4 is 16.7 Å². The molecule has 138 valence electrons. The summed E-state index contributed by atoms with van der Waals surface area (Å²) in [6.07, 6.45) is 3.90. The first-order chi connectivity index (χ1) is 13.2. The van der Waals surface area contributed by atoms with Crippen LogP contribution in [0.25, 0.3) is 10.8 Å². The summed E-state index contributed by atoms with van der Waals surface area (Å²) in [7, 11) is 0. The van der Waals surface area contributed by atoms with E-state index in [0.717, 1.165) is 36.9 Å². The number of likely N-dealkylation sites (tertiary alicyclic amines) is 1. The highest BCUT2D eigenvalue weighted by molar-refractivity contribution is 5.90. The van der Waals surface area contributed by atoms with Crippen LogP contribution in [0.3, 0.4) is 0 Å². The van der Waals surface area contributed by atoms with E-state index in [1.165, 1.54) is 5.39 Å². The number of piperidine rings is 1. The van der Waals surface area contributed by atoms with Crippen LogP contribution in [-0.4, -0.2) is 40.0 Å². The van der Waals surface area contributed by atoms with Crippen LogP contribution in [0.2, 0.25) is 0 Å². The van der Waals surface area contributed by atoms with Crippen LogP contribution in [-0.2, 0) is 11.2 Å². The zero-order chi connectivity index (χ0) is 18.6. The maximum Gasteiger partial charge on any atom is 0.227 e. The van der Waals surface area contributed by atoms with Crippen molar-refractivity contribution in [3.63, 3.8) is 0 Å². The average Bonchev–Trinajstić information content (AvgIpc) is 2.69. The van der Waals surface area contributed by atoms with Crippen molar-refractivity contribution in [2.24, 2.45) is 0 Å². The minimum atomic E-state index is 0.0981. The molecular weight excluding hydrogens is 338 g/mol. The molecule has 0 saturated carbocycles. The number of carbonyl (C=O) groups is 1. The summed E-state index contributed by atoms with van der Waals surface area (Å²) >= 11 is 0. The Hall–Kier alpha value is -2.95. The van der Waals surface area contributed by atoms with Crippen molar-refractivity contribution in [2.75, 3.05) is 13.1 Å². The van der Waals surface area contributed by atoms with E-state index >= 15 is 0 Å². The third-order valence-electron chi connectivity index (χ3n) is 5.05. The number of hydrogen-bond donors (Lipinski definition) is 0. The predicted molar refractivity (Wildman–Crippen MR) is 105 cm³/mol. The summed E-state index contributed by atoms with van der Waals surface area (Å²) in [5.74, 6) is 1.50. The standard InChI is InChI=1S/C22H23N3O2/c1-16-23-12-9-21(24-16)27-19-10-13-25(14-11-19)22(26)15-18-7-4-6-17-5-2-3-8-20(17)18/h2-9,12,19H,10-11,13-15H2,1H3. The second kappa shape index (κ2) is 7.74. The molecule has 3 aromatic rings. The van der Waals surface area contributed by atoms with E-state index in [4.69, 9.17) is 4.74 Å². The monoisotopic (exact) mass is 361 g/mol. The van der Waals surface area contributed by atoms with Gasteiger partial charge in [0.2, 0.25) is 11.8 Å². The number of rotatable bonds is 4. The minimum Gasteiger partial charge on any atom is -0.474 e. The van der Waals surface area contributed by atoms with Crippen LogP contribution in [0.1, 0.15) is 24.2 Å². The lowest BCUT2D eigenvalue weighted by Gasteiger charge is -2.32. The molecule has 0 atom stereocenters. The summed E-state index contributed by atoms with van der Waals surface area (Å²) in [4.78, 5) is 23.1. The first kappa shape index (κ1) is 17.5. The predicted octanol–water partition coefficient (Wildman–Crippen LogP) is 3.55. The van der Waals surface area contributed by atoms with E-state index in [1.807, 2.05) is 36.1 Å². The van der Waals surface area contributed by atoms with Gasteiger partial charge in [0.05, 0.1) is 6.42 Å². The van der Waals surface area contributed by atoms with Crippen molar-refractivity contribution in [1.82, 2.24) is 14.9 Å². The van der Waals surface area contributed by atoms with Crippen LogP contribution in [0.5, 0.6) is 5.88 Å². The summed E-state index contributed by atoms with van der Waals surface area (Å²) < 4.78 is 5.95. The van der Waals surface area contributed by atoms with Crippen molar-refractivity contribution in [3.8, 4) is 5.88 Å². The number of aryl methyl sites for hydroxylation is 1. The van der Waals surface area contributed by atoms with Gasteiger partial charge in [0, 0.05) is 38.2 Å². The number of benzene rings is 2. The van der Waals surface area contributed by atoms with Gasteiger partial charge in [0.1, 0.15) is 11.9 Å². The molecule has 0 spiro atoms. The molecule has 0 N–H and O–H groups in total. The van der Waals surface area contributed by atoms with Gasteiger partial charge in [-0.2, -0.15) is 4.98 Å². The molecule has 1 aliphatic rings. The Bertz CT molecular complexity index is 944. The summed E-state index contributed by atoms with van der Waals surface area (Å²) in [6.45, 7) is 3.29. The molecule has 0 aliphatic carbocycles. The van der Waals surface area contributed by atoms with Crippen molar-refractivity contribution in [3.05, 3.63) is 66.1 Å². The molecule has 0 unspecified atom stereocenters. The lowest BCUT2D eigenvalue weighted by atomic mass is 10.0. The highest BCUT2D eigenvalue weighted by Gasteiger charge is 2.24. The third kappa shape index (κ3) is 4.08. The SMILES string of the molecule is Cc1nccc(OC2CCN(C(=O)Cc3cccc4ccccc34)CC2)n1. The normalized spacial score (nSPS) is 15.1. The number of ether oxygens (including phenoxy) is 1. The lowest BCUT2D eigenvalue weighted by Crippen LogP contribution is -2.42. The van der Waals surface area contributed by atoms with E-state index in [2.05, 4.69) is 28.2 Å². The second-order valence-corrected chi connectivity index (χ2v) is 6.96. The largest absolute Gasteiger partial charge is 0.474 e. The van der Waals surface area contributed by atoms with E-state index in [0.29, 0.717) is 18.1 Å². The Labute approximate surface area is 159 Å². The molecule has 5 heteroatoms. The van der Waals surface area contributed by atoms with Crippen molar-refractivity contribution < 1.29 is 9.53 Å². The van der Waals surface area contributed by atoms with Gasteiger partial charge in [-0.15, -0.1) is 0 Å². The van der Waals surface area contributed by atoms with Gasteiger partial charge in [0.25, 0.3) is 0 Å². The van der Waals surface area contributed by atoms with E-state index in [-0.39, 0.29) is 12.0 Å². The topological polar surface area (TPSA) is 55.3 Å². The minimum absolute atomic E-state index is 0.0981. The number of hydrogen-bond acceptors (Lipinski definition) is 4. The molecule has 1 aromatic heterocycles. The number of aromatic nitrogens is 2. The molecular formula is C22H23N3O2. The van der Waals surface area contributed by atoms with Gasteiger partial charge in [-0.05, 0) is 23.3 Å². The fraction of sp³-hybridized carbons (Fsp3) is 0.318. The number of fused-ring (bicyclic) bond motifs is 1. The molecule has 1 fully saturated rings. The van der Waals surface area contributed by atoms with Gasteiger partial charge in [0.15, 0.2) is 0 Å². The van der Waals surface area contributed by atoms with Gasteiger partial charge >= 0.3 is 0 Å². The lowest BCUT2D eigenvalue weighted by molar-refractivity contribution is -0.132. The van der Waals surface area contributed by atoms with E-state index in [1.54, 1.807) is 12.3 Å². The summed E-state index contributed by atoms with van der Waals surface area (Å²) in [6, 6.07) is 16.2. The highest BCUT2D eigenvalue weighted by Crippen LogP contribution is 2.21. The summed E-state index contributed by atoms with van der Waals surface area (Å²) in [5, 5.41) is 2.33. The van der Waals surface area contributed by atoms with Crippen LogP contribution in [0.4, 0.5) is 0 Å². The molecule has 27 heavy (non-hydrogen) atoms. The molecule has 1 amide bonds. The maximum atomic E-state index is 12.8. The van der Waals surface area contributed by atoms with Crippen LogP contribution in [0, 0.1) is 6.92 Å². The maximum absolute atomic E-state index is 12.8. The molecule has 4 rings (SSSR count). The molecule has 0 radical (unpaired) electrons. The van der Waals surface area contributed by atoms with E-state index < -0.39 is 0 Å². The molecule has 1 aliphatic heterocycles. The summed E-state index contributed by atoms with van der Waals surface area (Å²) in [5.41, 5.74) is 1.09. The Morgan fingerprint density at radius 3 is 2.70 bits per heavy atom. The van der Waals surface area contributed by atoms with Gasteiger partial charge in [-0.25, -0.2) is 4.98 Å². The molecule has 2 heterocycles. The quantitative estimate of drug-likeness (QED) is 0.713. The van der Waals surface area contributed by atoms with Gasteiger partial charge < -0.3 is 9.64 Å². The molecule has 2 aromatic carbocycles. The van der Waals surface area contributed by atoms with Crippen LogP contribution < -0.4 is 4.74 Å². The molecule has 5 nitrogen and oxygen atoms in total. The average molecular weight is 361 g/mol. The second-order valence-electron chi connectivity index (χ2n) is 6.96. The Morgan fingerprint density at radius 1 is 1.11 bits per heavy atom. The number of amides is 1. The fourth-order valence-electron chi connectivity index (χ4n) is 3.62. The Morgan fingerprint density at radius 2 is 1.89 bits per heavy atom. The van der Waals surface area contributed by atoms with Crippen molar-refractivity contribution in [1.29, 1.82) is 0 Å². The molecule has 0 bridgehead atoms. The smallest absolute Gasteiger partial charge is 0.227 e. The van der Waals surface area contributed by atoms with Crippen LogP contribution in [0.15, 0.2) is 54.7 Å². The zero-order valence-corrected chi connectivity index (χ0v) is 15.5. The Balaban J connectivity index is 1.36. The number of carbonyl (C=O) groups excluding carboxylic acids is 1. The van der Waals surface area contributed by atoms with Crippen LogP contribution >= 0.6 is 0 Å². The highest BCUT2D eigenvalue weighted by atomic mass is 16.5. The zero-order valence-electron chi connectivity index (χ0n) is 15.5. The fourth-order valence-corrected chi connectivity index (χ4v) is 3.62. The van der Waals surface area contributed by atoms with Gasteiger partial charge in [-0.1, -0.05) is 42.5 Å². The Kier molecular flexibility index (Phi) is 5.01. The third-order valence-corrected chi connectivity index (χ3v) is 5.05. The molecule has 1 saturated heterocycles. The van der Waals surface area contributed by atoms with E-state index in [9.17, 15) is 4.79 Å². The first-order valence-corrected chi connectivity index (χ1v) is 9.40. The first-order valence-electron chi connectivity index (χ1n) is 9.40.